The van der Waals surface area contributed by atoms with Crippen LogP contribution in [0.5, 0.6) is 0 Å². The average molecular weight is 549 g/mol. The average Bonchev–Trinajstić information content (AvgIpc) is 3.85. The van der Waals surface area contributed by atoms with E-state index in [2.05, 4.69) is 37.7 Å². The molecule has 2 amide bonds. The Labute approximate surface area is 229 Å². The summed E-state index contributed by atoms with van der Waals surface area (Å²) >= 11 is 1.31. The highest BCUT2D eigenvalue weighted by atomic mass is 32.1. The highest BCUT2D eigenvalue weighted by Crippen LogP contribution is 2.38. The molecule has 1 N–H and O–H groups in total. The van der Waals surface area contributed by atoms with Crippen molar-refractivity contribution in [1.29, 1.82) is 0 Å². The summed E-state index contributed by atoms with van der Waals surface area (Å²) in [5.74, 6) is 0.772. The number of thiazole rings is 1. The molecule has 12 heteroatoms. The Balaban J connectivity index is 1.22. The molecule has 204 valence electrons. The first-order chi connectivity index (χ1) is 19.0. The Kier molecular flexibility index (Phi) is 6.03. The summed E-state index contributed by atoms with van der Waals surface area (Å²) < 4.78 is 9.50. The number of ether oxygens (including phenoxy) is 1. The van der Waals surface area contributed by atoms with E-state index in [4.69, 9.17) is 9.72 Å². The topological polar surface area (TPSA) is 110 Å². The van der Waals surface area contributed by atoms with E-state index in [9.17, 15) is 9.59 Å². The van der Waals surface area contributed by atoms with Gasteiger partial charge in [0.2, 0.25) is 5.91 Å². The van der Waals surface area contributed by atoms with Crippen molar-refractivity contribution in [3.8, 4) is 0 Å². The number of carbonyl (C=O) groups is 2. The van der Waals surface area contributed by atoms with Crippen molar-refractivity contribution in [2.24, 2.45) is 7.05 Å². The molecule has 2 saturated carbocycles. The van der Waals surface area contributed by atoms with E-state index in [1.165, 1.54) is 11.3 Å². The van der Waals surface area contributed by atoms with Gasteiger partial charge in [-0.1, -0.05) is 11.3 Å². The minimum Gasteiger partial charge on any atom is -0.378 e. The highest BCUT2D eigenvalue weighted by molar-refractivity contribution is 7.17. The molecule has 39 heavy (non-hydrogen) atoms. The van der Waals surface area contributed by atoms with E-state index < -0.39 is 0 Å². The number of anilines is 2. The van der Waals surface area contributed by atoms with Crippen LogP contribution < -0.4 is 5.32 Å². The lowest BCUT2D eigenvalue weighted by Crippen LogP contribution is -2.40. The number of nitrogens with zero attached hydrogens (tertiary/aromatic N) is 7. The maximum Gasteiger partial charge on any atom is 0.265 e. The monoisotopic (exact) mass is 548 g/mol. The number of morpholine rings is 1. The summed E-state index contributed by atoms with van der Waals surface area (Å²) in [6.07, 6.45) is 8.27. The molecular formula is C27H32N8O3S. The predicted molar refractivity (Wildman–Crippen MR) is 148 cm³/mol. The third-order valence-corrected chi connectivity index (χ3v) is 8.75. The Hall–Kier alpha value is -3.51. The maximum atomic E-state index is 13.4. The third-order valence-electron chi connectivity index (χ3n) is 7.85. The van der Waals surface area contributed by atoms with Crippen LogP contribution in [-0.4, -0.2) is 84.1 Å². The van der Waals surface area contributed by atoms with Crippen LogP contribution >= 0.6 is 11.3 Å². The van der Waals surface area contributed by atoms with E-state index >= 15 is 0 Å². The number of aryl methyl sites for hydroxylation is 2. The zero-order valence-corrected chi connectivity index (χ0v) is 23.0. The lowest BCUT2D eigenvalue weighted by molar-refractivity contribution is -0.131. The molecule has 3 fully saturated rings. The summed E-state index contributed by atoms with van der Waals surface area (Å²) in [7, 11) is 1.97. The molecule has 5 heterocycles. The number of hydrogen-bond acceptors (Lipinski definition) is 8. The molecule has 0 radical (unpaired) electrons. The van der Waals surface area contributed by atoms with Gasteiger partial charge < -0.3 is 29.0 Å². The second-order valence-corrected chi connectivity index (χ2v) is 11.7. The van der Waals surface area contributed by atoms with Crippen molar-refractivity contribution in [3.05, 3.63) is 29.2 Å². The van der Waals surface area contributed by atoms with Crippen LogP contribution in [0.15, 0.2) is 18.6 Å². The number of fused-ring (bicyclic) bond motifs is 3. The molecular weight excluding hydrogens is 516 g/mol. The SMILES string of the molecule is CCn1c(CC(=O)N(C2CC2)C2CC2)cc2c3c(ncn3C)c(Nc3ncc(C(=O)N4CCOCC4)s3)nc21. The Morgan fingerprint density at radius 1 is 1.15 bits per heavy atom. The number of hydrogen-bond donors (Lipinski definition) is 1. The van der Waals surface area contributed by atoms with Gasteiger partial charge in [-0.2, -0.15) is 0 Å². The molecule has 1 aliphatic heterocycles. The van der Waals surface area contributed by atoms with Gasteiger partial charge in [0.1, 0.15) is 16.0 Å². The lowest BCUT2D eigenvalue weighted by atomic mass is 10.2. The van der Waals surface area contributed by atoms with Crippen molar-refractivity contribution in [2.75, 3.05) is 31.6 Å². The van der Waals surface area contributed by atoms with Gasteiger partial charge in [-0.05, 0) is 38.7 Å². The highest BCUT2D eigenvalue weighted by Gasteiger charge is 2.42. The van der Waals surface area contributed by atoms with Gasteiger partial charge in [-0.15, -0.1) is 0 Å². The van der Waals surface area contributed by atoms with E-state index in [1.54, 1.807) is 17.4 Å². The number of nitrogens with one attached hydrogen (secondary N) is 1. The Bertz CT molecular complexity index is 1560. The molecule has 3 aliphatic rings. The third kappa shape index (κ3) is 4.45. The predicted octanol–water partition coefficient (Wildman–Crippen LogP) is 3.31. The molecule has 0 atom stereocenters. The van der Waals surface area contributed by atoms with Crippen LogP contribution in [0.1, 0.15) is 48.0 Å². The summed E-state index contributed by atoms with van der Waals surface area (Å²) in [6, 6.07) is 2.97. The lowest BCUT2D eigenvalue weighted by Gasteiger charge is -2.26. The fourth-order valence-corrected chi connectivity index (χ4v) is 6.45. The smallest absolute Gasteiger partial charge is 0.265 e. The zero-order chi connectivity index (χ0) is 26.7. The van der Waals surface area contributed by atoms with Crippen molar-refractivity contribution in [2.45, 2.75) is 57.7 Å². The first-order valence-electron chi connectivity index (χ1n) is 13.8. The van der Waals surface area contributed by atoms with Crippen molar-refractivity contribution in [3.63, 3.8) is 0 Å². The fraction of sp³-hybridized carbons (Fsp3) is 0.519. The Morgan fingerprint density at radius 2 is 1.90 bits per heavy atom. The minimum absolute atomic E-state index is 0.0316. The van der Waals surface area contributed by atoms with Gasteiger partial charge in [0.05, 0.1) is 37.7 Å². The summed E-state index contributed by atoms with van der Waals surface area (Å²) in [5.41, 5.74) is 3.46. The molecule has 4 aromatic heterocycles. The number of imidazole rings is 1. The number of amides is 2. The van der Waals surface area contributed by atoms with Gasteiger partial charge in [0, 0.05) is 49.8 Å². The molecule has 11 nitrogen and oxygen atoms in total. The van der Waals surface area contributed by atoms with Gasteiger partial charge in [0.15, 0.2) is 10.9 Å². The molecule has 0 spiro atoms. The zero-order valence-electron chi connectivity index (χ0n) is 22.2. The van der Waals surface area contributed by atoms with Crippen molar-refractivity contribution in [1.82, 2.24) is 33.9 Å². The fourth-order valence-electron chi connectivity index (χ4n) is 5.66. The number of carbonyl (C=O) groups excluding carboxylic acids is 2. The van der Waals surface area contributed by atoms with E-state index in [0.717, 1.165) is 53.4 Å². The summed E-state index contributed by atoms with van der Waals surface area (Å²) in [4.78, 5) is 44.9. The van der Waals surface area contributed by atoms with Gasteiger partial charge in [0.25, 0.3) is 5.91 Å². The van der Waals surface area contributed by atoms with E-state index in [0.29, 0.717) is 67.2 Å². The summed E-state index contributed by atoms with van der Waals surface area (Å²) in [5, 5.41) is 4.89. The van der Waals surface area contributed by atoms with Crippen molar-refractivity contribution >= 4 is 56.2 Å². The van der Waals surface area contributed by atoms with Gasteiger partial charge >= 0.3 is 0 Å². The second-order valence-electron chi connectivity index (χ2n) is 10.6. The van der Waals surface area contributed by atoms with Crippen LogP contribution in [0.4, 0.5) is 10.9 Å². The molecule has 0 aromatic carbocycles. The van der Waals surface area contributed by atoms with Gasteiger partial charge in [-0.3, -0.25) is 9.59 Å². The van der Waals surface area contributed by atoms with Crippen LogP contribution in [0.3, 0.4) is 0 Å². The molecule has 0 unspecified atom stereocenters. The quantitative estimate of drug-likeness (QED) is 0.360. The second kappa shape index (κ2) is 9.60. The maximum absolute atomic E-state index is 13.4. The molecule has 7 rings (SSSR count). The van der Waals surface area contributed by atoms with Crippen molar-refractivity contribution < 1.29 is 14.3 Å². The van der Waals surface area contributed by atoms with Gasteiger partial charge in [-0.25, -0.2) is 15.0 Å². The number of rotatable bonds is 8. The van der Waals surface area contributed by atoms with E-state index in [1.807, 2.05) is 11.6 Å². The van der Waals surface area contributed by atoms with Crippen LogP contribution in [-0.2, 0) is 29.5 Å². The van der Waals surface area contributed by atoms with Crippen LogP contribution in [0, 0.1) is 0 Å². The molecule has 2 aliphatic carbocycles. The first kappa shape index (κ1) is 24.5. The first-order valence-corrected chi connectivity index (χ1v) is 14.6. The molecule has 4 aromatic rings. The Morgan fingerprint density at radius 3 is 2.59 bits per heavy atom. The molecule has 0 bridgehead atoms. The summed E-state index contributed by atoms with van der Waals surface area (Å²) in [6.45, 7) is 5.07. The largest absolute Gasteiger partial charge is 0.378 e. The number of aromatic nitrogens is 5. The number of pyridine rings is 1. The van der Waals surface area contributed by atoms with Crippen LogP contribution in [0.2, 0.25) is 0 Å². The standard InChI is InChI=1S/C27H32N8O3S/c1-3-34-18(13-21(36)35(16-4-5-16)17-6-7-17)12-19-23-22(29-15-32(23)2)24(30-25(19)34)31-27-28-14-20(39-27)26(37)33-8-10-38-11-9-33/h12,14-17H,3-11,13H2,1-2H3,(H,28,30,31). The minimum atomic E-state index is -0.0316. The van der Waals surface area contributed by atoms with E-state index in [-0.39, 0.29) is 11.8 Å². The normalized spacial score (nSPS) is 17.7. The molecule has 1 saturated heterocycles. The van der Waals surface area contributed by atoms with Crippen LogP contribution in [0.25, 0.3) is 22.1 Å².